The first-order chi connectivity index (χ1) is 11.7. The number of carbonyl (C=O) groups is 1. The third-order valence-electron chi connectivity index (χ3n) is 6.05. The first kappa shape index (κ1) is 14.7. The average molecular weight is 343 g/mol. The Labute approximate surface area is 144 Å². The minimum Gasteiger partial charge on any atom is -0.393 e. The quantitative estimate of drug-likeness (QED) is 0.932. The van der Waals surface area contributed by atoms with E-state index in [9.17, 15) is 9.90 Å². The van der Waals surface area contributed by atoms with Gasteiger partial charge in [-0.05, 0) is 43.0 Å². The number of piperidine rings is 1. The second-order valence-corrected chi connectivity index (χ2v) is 8.22. The maximum absolute atomic E-state index is 11.8. The maximum Gasteiger partial charge on any atom is 0.222 e. The average Bonchev–Trinajstić information content (AvgIpc) is 3.33. The Kier molecular flexibility index (Phi) is 3.31. The van der Waals surface area contributed by atoms with E-state index in [2.05, 4.69) is 21.0 Å². The van der Waals surface area contributed by atoms with Crippen molar-refractivity contribution in [3.63, 3.8) is 0 Å². The highest BCUT2D eigenvalue weighted by Gasteiger charge is 2.40. The zero-order valence-corrected chi connectivity index (χ0v) is 14.3. The maximum atomic E-state index is 11.8. The molecule has 6 heteroatoms. The van der Waals surface area contributed by atoms with E-state index in [4.69, 9.17) is 0 Å². The van der Waals surface area contributed by atoms with Crippen molar-refractivity contribution in [1.82, 2.24) is 14.5 Å². The largest absolute Gasteiger partial charge is 0.393 e. The van der Waals surface area contributed by atoms with Gasteiger partial charge in [0.05, 0.1) is 30.4 Å². The van der Waals surface area contributed by atoms with Crippen molar-refractivity contribution in [3.8, 4) is 11.3 Å². The third-order valence-corrected chi connectivity index (χ3v) is 7.07. The lowest BCUT2D eigenvalue weighted by Gasteiger charge is -2.37. The van der Waals surface area contributed by atoms with Crippen LogP contribution in [-0.4, -0.2) is 44.2 Å². The van der Waals surface area contributed by atoms with Crippen molar-refractivity contribution in [2.24, 2.45) is 5.92 Å². The topological polar surface area (TPSA) is 58.4 Å². The second-order valence-electron chi connectivity index (χ2n) is 7.27. The fourth-order valence-electron chi connectivity index (χ4n) is 4.79. The number of nitrogens with zero attached hydrogens (tertiary/aromatic N) is 3. The standard InChI is InChI=1S/C18H21N3O2S/c22-16(11-3-5-20-12(7-11)1-2-17(20)23)8-14-18-13(4-6-24-18)15-9-19-10-21(14)15/h4,6,9-12,14,16,22H,1-3,5,7-8H2/t11-,12+,14+,16+/m1/s1. The van der Waals surface area contributed by atoms with Gasteiger partial charge in [0, 0.05) is 29.4 Å². The molecule has 2 aromatic heterocycles. The van der Waals surface area contributed by atoms with Crippen LogP contribution in [0.15, 0.2) is 24.0 Å². The number of hydrogen-bond acceptors (Lipinski definition) is 4. The molecule has 0 aliphatic carbocycles. The molecule has 2 saturated heterocycles. The molecule has 24 heavy (non-hydrogen) atoms. The van der Waals surface area contributed by atoms with E-state index < -0.39 is 0 Å². The number of thiophene rings is 1. The normalized spacial score (nSPS) is 29.5. The van der Waals surface area contributed by atoms with Gasteiger partial charge < -0.3 is 14.6 Å². The van der Waals surface area contributed by atoms with Gasteiger partial charge in [-0.25, -0.2) is 4.98 Å². The third kappa shape index (κ3) is 2.09. The minimum atomic E-state index is -0.323. The highest BCUT2D eigenvalue weighted by atomic mass is 32.1. The summed E-state index contributed by atoms with van der Waals surface area (Å²) in [6.07, 6.45) is 7.74. The van der Waals surface area contributed by atoms with E-state index in [1.54, 1.807) is 11.3 Å². The summed E-state index contributed by atoms with van der Waals surface area (Å²) in [6.45, 7) is 0.816. The van der Waals surface area contributed by atoms with Crippen LogP contribution < -0.4 is 0 Å². The SMILES string of the molecule is O=C1CC[C@H]2C[C@H]([C@@H](O)C[C@H]3c4sccc4-c4cncn43)CCN12. The molecule has 4 atom stereocenters. The zero-order valence-electron chi connectivity index (χ0n) is 13.5. The molecule has 5 rings (SSSR count). The summed E-state index contributed by atoms with van der Waals surface area (Å²) in [7, 11) is 0. The van der Waals surface area contributed by atoms with E-state index >= 15 is 0 Å². The molecule has 2 aromatic rings. The summed E-state index contributed by atoms with van der Waals surface area (Å²) in [6, 6.07) is 2.72. The van der Waals surface area contributed by atoms with E-state index in [0.29, 0.717) is 24.3 Å². The molecule has 0 spiro atoms. The number of carbonyl (C=O) groups excluding carboxylic acids is 1. The number of fused-ring (bicyclic) bond motifs is 4. The molecule has 2 fully saturated rings. The predicted octanol–water partition coefficient (Wildman–Crippen LogP) is 2.67. The molecule has 3 aliphatic heterocycles. The molecule has 0 radical (unpaired) electrons. The summed E-state index contributed by atoms with van der Waals surface area (Å²) in [5.74, 6) is 0.600. The zero-order chi connectivity index (χ0) is 16.3. The van der Waals surface area contributed by atoms with Gasteiger partial charge in [-0.2, -0.15) is 0 Å². The fraction of sp³-hybridized carbons (Fsp3) is 0.556. The van der Waals surface area contributed by atoms with Gasteiger partial charge in [0.2, 0.25) is 5.91 Å². The number of aliphatic hydroxyl groups excluding tert-OH is 1. The van der Waals surface area contributed by atoms with Gasteiger partial charge in [-0.3, -0.25) is 4.79 Å². The Balaban J connectivity index is 1.33. The summed E-state index contributed by atoms with van der Waals surface area (Å²) >= 11 is 1.77. The first-order valence-corrected chi connectivity index (χ1v) is 9.67. The summed E-state index contributed by atoms with van der Waals surface area (Å²) < 4.78 is 2.21. The Morgan fingerprint density at radius 2 is 2.33 bits per heavy atom. The number of amides is 1. The van der Waals surface area contributed by atoms with Crippen molar-refractivity contribution in [1.29, 1.82) is 0 Å². The molecule has 0 saturated carbocycles. The lowest BCUT2D eigenvalue weighted by atomic mass is 9.84. The monoisotopic (exact) mass is 343 g/mol. The van der Waals surface area contributed by atoms with Crippen LogP contribution in [0.1, 0.15) is 43.0 Å². The van der Waals surface area contributed by atoms with Gasteiger partial charge in [-0.1, -0.05) is 0 Å². The summed E-state index contributed by atoms with van der Waals surface area (Å²) in [5.41, 5.74) is 2.44. The van der Waals surface area contributed by atoms with E-state index in [0.717, 1.165) is 32.2 Å². The molecule has 5 nitrogen and oxygen atoms in total. The van der Waals surface area contributed by atoms with Gasteiger partial charge in [-0.15, -0.1) is 11.3 Å². The Morgan fingerprint density at radius 3 is 3.25 bits per heavy atom. The van der Waals surface area contributed by atoms with Crippen molar-refractivity contribution in [2.45, 2.75) is 50.3 Å². The number of hydrogen-bond donors (Lipinski definition) is 1. The molecule has 3 aliphatic rings. The van der Waals surface area contributed by atoms with E-state index in [1.165, 1.54) is 16.1 Å². The number of imidazole rings is 1. The Hall–Kier alpha value is -1.66. The van der Waals surface area contributed by atoms with Crippen LogP contribution in [0.5, 0.6) is 0 Å². The van der Waals surface area contributed by atoms with Crippen molar-refractivity contribution in [3.05, 3.63) is 28.8 Å². The molecular weight excluding hydrogens is 322 g/mol. The van der Waals surface area contributed by atoms with Crippen LogP contribution >= 0.6 is 11.3 Å². The number of aromatic nitrogens is 2. The Morgan fingerprint density at radius 1 is 1.42 bits per heavy atom. The minimum absolute atomic E-state index is 0.204. The fourth-order valence-corrected chi connectivity index (χ4v) is 5.80. The Bertz CT molecular complexity index is 743. The van der Waals surface area contributed by atoms with Crippen molar-refractivity contribution < 1.29 is 9.90 Å². The van der Waals surface area contributed by atoms with Crippen LogP contribution in [0.2, 0.25) is 0 Å². The van der Waals surface area contributed by atoms with Crippen LogP contribution in [0.4, 0.5) is 0 Å². The number of aliphatic hydroxyl groups is 1. The predicted molar refractivity (Wildman–Crippen MR) is 91.8 cm³/mol. The van der Waals surface area contributed by atoms with Crippen molar-refractivity contribution in [2.75, 3.05) is 6.54 Å². The molecule has 0 unspecified atom stereocenters. The smallest absolute Gasteiger partial charge is 0.222 e. The lowest BCUT2D eigenvalue weighted by Crippen LogP contribution is -2.43. The van der Waals surface area contributed by atoms with Gasteiger partial charge >= 0.3 is 0 Å². The van der Waals surface area contributed by atoms with E-state index in [1.807, 2.05) is 17.4 Å². The highest BCUT2D eigenvalue weighted by Crippen LogP contribution is 2.45. The van der Waals surface area contributed by atoms with Gasteiger partial charge in [0.25, 0.3) is 0 Å². The molecule has 126 valence electrons. The van der Waals surface area contributed by atoms with Crippen LogP contribution in [0.25, 0.3) is 11.3 Å². The molecule has 1 N–H and O–H groups in total. The van der Waals surface area contributed by atoms with Gasteiger partial charge in [0.1, 0.15) is 0 Å². The van der Waals surface area contributed by atoms with Crippen LogP contribution in [0, 0.1) is 5.92 Å². The highest BCUT2D eigenvalue weighted by molar-refractivity contribution is 7.10. The first-order valence-electron chi connectivity index (χ1n) is 8.79. The molecule has 5 heterocycles. The second kappa shape index (κ2) is 5.43. The summed E-state index contributed by atoms with van der Waals surface area (Å²) in [4.78, 5) is 19.5. The summed E-state index contributed by atoms with van der Waals surface area (Å²) in [5, 5.41) is 13.0. The number of rotatable bonds is 3. The van der Waals surface area contributed by atoms with Gasteiger partial charge in [0.15, 0.2) is 0 Å². The molecule has 0 bridgehead atoms. The van der Waals surface area contributed by atoms with E-state index in [-0.39, 0.29) is 12.1 Å². The molecule has 0 aromatic carbocycles. The van der Waals surface area contributed by atoms with Crippen LogP contribution in [0.3, 0.4) is 0 Å². The molecular formula is C18H21N3O2S. The van der Waals surface area contributed by atoms with Crippen LogP contribution in [-0.2, 0) is 4.79 Å². The molecule has 1 amide bonds. The van der Waals surface area contributed by atoms with Crippen molar-refractivity contribution >= 4 is 17.2 Å². The lowest BCUT2D eigenvalue weighted by molar-refractivity contribution is -0.131.